The molecule has 0 amide bonds. The maximum Gasteiger partial charge on any atom is 0.183 e. The zero-order valence-electron chi connectivity index (χ0n) is 11.0. The molecule has 0 bridgehead atoms. The SMILES string of the molecule is NC(=S)Nn1c(CCC(=O)[O-])ccc1-c1ccc(Br)cc1. The first-order chi connectivity index (χ1) is 9.97. The molecule has 0 atom stereocenters. The van der Waals surface area contributed by atoms with Crippen molar-refractivity contribution in [2.75, 3.05) is 5.43 Å². The molecule has 21 heavy (non-hydrogen) atoms. The molecule has 0 aliphatic carbocycles. The van der Waals surface area contributed by atoms with Crippen LogP contribution < -0.4 is 16.3 Å². The van der Waals surface area contributed by atoms with E-state index in [0.29, 0.717) is 6.42 Å². The minimum absolute atomic E-state index is 0.0667. The summed E-state index contributed by atoms with van der Waals surface area (Å²) in [5.74, 6) is -1.09. The summed E-state index contributed by atoms with van der Waals surface area (Å²) < 4.78 is 2.68. The quantitative estimate of drug-likeness (QED) is 0.781. The standard InChI is InChI=1S/C14H14BrN3O2S/c15-10-3-1-9(2-4-10)12-7-5-11(6-8-13(19)20)18(12)17-14(16)21/h1-5,7H,6,8H2,(H,19,20)(H3,16,17,21)/p-1. The van der Waals surface area contributed by atoms with Gasteiger partial charge >= 0.3 is 0 Å². The molecule has 0 aliphatic heterocycles. The number of carbonyl (C=O) groups excluding carboxylic acids is 1. The van der Waals surface area contributed by atoms with E-state index in [9.17, 15) is 9.90 Å². The number of benzene rings is 1. The van der Waals surface area contributed by atoms with E-state index in [4.69, 9.17) is 18.0 Å². The number of carboxylic acid groups (broad SMARTS) is 1. The zero-order valence-corrected chi connectivity index (χ0v) is 13.4. The number of halogens is 1. The number of nitrogens with two attached hydrogens (primary N) is 1. The van der Waals surface area contributed by atoms with Gasteiger partial charge in [-0.3, -0.25) is 10.1 Å². The molecule has 1 aromatic carbocycles. The molecular weight excluding hydrogens is 354 g/mol. The summed E-state index contributed by atoms with van der Waals surface area (Å²) in [4.78, 5) is 10.6. The van der Waals surface area contributed by atoms with Crippen LogP contribution in [0.5, 0.6) is 0 Å². The highest BCUT2D eigenvalue weighted by Crippen LogP contribution is 2.24. The van der Waals surface area contributed by atoms with Crippen LogP contribution in [0.4, 0.5) is 0 Å². The van der Waals surface area contributed by atoms with Gasteiger partial charge in [-0.2, -0.15) is 0 Å². The van der Waals surface area contributed by atoms with Crippen molar-refractivity contribution in [2.45, 2.75) is 12.8 Å². The molecule has 0 radical (unpaired) electrons. The fourth-order valence-corrected chi connectivity index (χ4v) is 2.35. The summed E-state index contributed by atoms with van der Waals surface area (Å²) in [6.07, 6.45) is 0.261. The van der Waals surface area contributed by atoms with Crippen LogP contribution in [-0.4, -0.2) is 15.8 Å². The van der Waals surface area contributed by atoms with Crippen molar-refractivity contribution in [2.24, 2.45) is 5.73 Å². The highest BCUT2D eigenvalue weighted by atomic mass is 79.9. The molecule has 2 rings (SSSR count). The monoisotopic (exact) mass is 366 g/mol. The summed E-state index contributed by atoms with van der Waals surface area (Å²) >= 11 is 8.27. The third-order valence-corrected chi connectivity index (χ3v) is 3.53. The van der Waals surface area contributed by atoms with Gasteiger partial charge in [0.05, 0.1) is 5.69 Å². The summed E-state index contributed by atoms with van der Waals surface area (Å²) in [5.41, 5.74) is 11.0. The predicted molar refractivity (Wildman–Crippen MR) is 87.0 cm³/mol. The van der Waals surface area contributed by atoms with Gasteiger partial charge in [0.2, 0.25) is 0 Å². The van der Waals surface area contributed by atoms with E-state index in [1.54, 1.807) is 4.68 Å². The largest absolute Gasteiger partial charge is 0.550 e. The van der Waals surface area contributed by atoms with E-state index in [1.807, 2.05) is 36.4 Å². The van der Waals surface area contributed by atoms with Gasteiger partial charge in [0.15, 0.2) is 5.11 Å². The first-order valence-corrected chi connectivity index (χ1v) is 7.40. The number of hydrogen-bond donors (Lipinski definition) is 2. The van der Waals surface area contributed by atoms with Crippen LogP contribution in [0.3, 0.4) is 0 Å². The van der Waals surface area contributed by atoms with Crippen molar-refractivity contribution in [1.82, 2.24) is 4.68 Å². The Kier molecular flexibility index (Phi) is 4.98. The summed E-state index contributed by atoms with van der Waals surface area (Å²) in [6.45, 7) is 0. The first kappa shape index (κ1) is 15.5. The van der Waals surface area contributed by atoms with Gasteiger partial charge in [-0.1, -0.05) is 28.1 Å². The molecule has 0 saturated heterocycles. The van der Waals surface area contributed by atoms with E-state index < -0.39 is 5.97 Å². The number of aromatic nitrogens is 1. The number of carbonyl (C=O) groups is 1. The Hall–Kier alpha value is -1.86. The summed E-state index contributed by atoms with van der Waals surface area (Å²) in [6, 6.07) is 11.5. The lowest BCUT2D eigenvalue weighted by Crippen LogP contribution is -2.30. The number of nitrogens with one attached hydrogen (secondary N) is 1. The zero-order chi connectivity index (χ0) is 15.4. The highest BCUT2D eigenvalue weighted by molar-refractivity contribution is 9.10. The lowest BCUT2D eigenvalue weighted by atomic mass is 10.2. The van der Waals surface area contributed by atoms with Gasteiger partial charge in [0.25, 0.3) is 0 Å². The molecule has 7 heteroatoms. The minimum atomic E-state index is -1.09. The average Bonchev–Trinajstić information content (AvgIpc) is 2.79. The van der Waals surface area contributed by atoms with Crippen molar-refractivity contribution >= 4 is 39.2 Å². The molecule has 2 aromatic rings. The molecule has 3 N–H and O–H groups in total. The molecule has 110 valence electrons. The molecule has 0 spiro atoms. The second kappa shape index (κ2) is 6.73. The van der Waals surface area contributed by atoms with E-state index >= 15 is 0 Å². The Bertz CT molecular complexity index is 667. The van der Waals surface area contributed by atoms with Crippen LogP contribution in [0.25, 0.3) is 11.3 Å². The Morgan fingerprint density at radius 1 is 1.29 bits per heavy atom. The third kappa shape index (κ3) is 4.05. The smallest absolute Gasteiger partial charge is 0.183 e. The first-order valence-electron chi connectivity index (χ1n) is 6.20. The van der Waals surface area contributed by atoms with Gasteiger partial charge in [0.1, 0.15) is 0 Å². The fraction of sp³-hybridized carbons (Fsp3) is 0.143. The van der Waals surface area contributed by atoms with Crippen LogP contribution in [0.2, 0.25) is 0 Å². The number of rotatable bonds is 5. The maximum absolute atomic E-state index is 10.6. The van der Waals surface area contributed by atoms with Crippen molar-refractivity contribution in [1.29, 1.82) is 0 Å². The average molecular weight is 367 g/mol. The van der Waals surface area contributed by atoms with E-state index in [2.05, 4.69) is 21.4 Å². The van der Waals surface area contributed by atoms with Crippen LogP contribution in [0.1, 0.15) is 12.1 Å². The molecule has 0 fully saturated rings. The fourth-order valence-electron chi connectivity index (χ4n) is 1.99. The Morgan fingerprint density at radius 3 is 2.52 bits per heavy atom. The molecule has 5 nitrogen and oxygen atoms in total. The topological polar surface area (TPSA) is 83.1 Å². The highest BCUT2D eigenvalue weighted by Gasteiger charge is 2.10. The third-order valence-electron chi connectivity index (χ3n) is 2.91. The van der Waals surface area contributed by atoms with Crippen molar-refractivity contribution in [3.8, 4) is 11.3 Å². The van der Waals surface area contributed by atoms with Crippen LogP contribution >= 0.6 is 28.1 Å². The van der Waals surface area contributed by atoms with Gasteiger partial charge in [0, 0.05) is 21.7 Å². The maximum atomic E-state index is 10.6. The molecule has 0 unspecified atom stereocenters. The van der Waals surface area contributed by atoms with Gasteiger partial charge < -0.3 is 15.6 Å². The summed E-state index contributed by atoms with van der Waals surface area (Å²) in [5, 5.41) is 10.7. The second-order valence-electron chi connectivity index (χ2n) is 4.40. The Labute approximate surface area is 135 Å². The number of thiocarbonyl (C=S) groups is 1. The van der Waals surface area contributed by atoms with Crippen molar-refractivity contribution in [3.05, 3.63) is 46.6 Å². The minimum Gasteiger partial charge on any atom is -0.550 e. The number of aliphatic carboxylic acids is 1. The number of hydrogen-bond acceptors (Lipinski definition) is 3. The lowest BCUT2D eigenvalue weighted by Gasteiger charge is -2.15. The molecule has 0 saturated carbocycles. The summed E-state index contributed by atoms with van der Waals surface area (Å²) in [7, 11) is 0. The predicted octanol–water partition coefficient (Wildman–Crippen LogP) is 1.39. The van der Waals surface area contributed by atoms with Gasteiger partial charge in [-0.25, -0.2) is 0 Å². The van der Waals surface area contributed by atoms with E-state index in [1.165, 1.54) is 0 Å². The van der Waals surface area contributed by atoms with Crippen molar-refractivity contribution in [3.63, 3.8) is 0 Å². The number of carboxylic acids is 1. The van der Waals surface area contributed by atoms with Gasteiger partial charge in [-0.15, -0.1) is 0 Å². The molecule has 1 heterocycles. The molecular formula is C14H13BrN3O2S-. The van der Waals surface area contributed by atoms with Crippen LogP contribution in [-0.2, 0) is 11.2 Å². The van der Waals surface area contributed by atoms with Gasteiger partial charge in [-0.05, 0) is 49.3 Å². The Morgan fingerprint density at radius 2 is 1.95 bits per heavy atom. The van der Waals surface area contributed by atoms with Crippen molar-refractivity contribution < 1.29 is 9.90 Å². The normalized spacial score (nSPS) is 10.3. The van der Waals surface area contributed by atoms with Crippen LogP contribution in [0, 0.1) is 0 Å². The second-order valence-corrected chi connectivity index (χ2v) is 5.76. The lowest BCUT2D eigenvalue weighted by molar-refractivity contribution is -0.305. The van der Waals surface area contributed by atoms with E-state index in [0.717, 1.165) is 21.4 Å². The Balaban J connectivity index is 2.38. The van der Waals surface area contributed by atoms with E-state index in [-0.39, 0.29) is 11.5 Å². The number of aryl methyl sites for hydroxylation is 1. The molecule has 1 aromatic heterocycles. The number of nitrogens with zero attached hydrogens (tertiary/aromatic N) is 1. The molecule has 0 aliphatic rings. The van der Waals surface area contributed by atoms with Crippen LogP contribution in [0.15, 0.2) is 40.9 Å².